The largest absolute Gasteiger partial charge is 0.349 e. The summed E-state index contributed by atoms with van der Waals surface area (Å²) in [5, 5.41) is 5.83. The molecule has 1 heterocycles. The van der Waals surface area contributed by atoms with Gasteiger partial charge in [-0.05, 0) is 56.0 Å². The van der Waals surface area contributed by atoms with Crippen LogP contribution < -0.4 is 10.6 Å². The molecule has 1 aliphatic carbocycles. The van der Waals surface area contributed by atoms with Crippen molar-refractivity contribution < 1.29 is 14.4 Å². The van der Waals surface area contributed by atoms with Crippen molar-refractivity contribution in [3.63, 3.8) is 0 Å². The first-order chi connectivity index (χ1) is 12.1. The van der Waals surface area contributed by atoms with Crippen LogP contribution in [0.3, 0.4) is 0 Å². The van der Waals surface area contributed by atoms with E-state index >= 15 is 0 Å². The fourth-order valence-corrected chi connectivity index (χ4v) is 2.94. The highest BCUT2D eigenvalue weighted by atomic mass is 16.2. The monoisotopic (exact) mass is 341 g/mol. The summed E-state index contributed by atoms with van der Waals surface area (Å²) in [6, 6.07) is 7.26. The Morgan fingerprint density at radius 2 is 1.68 bits per heavy atom. The smallest absolute Gasteiger partial charge is 0.251 e. The third-order valence-corrected chi connectivity index (χ3v) is 4.68. The first-order valence-electron chi connectivity index (χ1n) is 8.70. The van der Waals surface area contributed by atoms with Gasteiger partial charge in [-0.2, -0.15) is 0 Å². The summed E-state index contributed by atoms with van der Waals surface area (Å²) >= 11 is 0. The lowest BCUT2D eigenvalue weighted by atomic mass is 9.95. The predicted molar refractivity (Wildman–Crippen MR) is 95.1 cm³/mol. The molecule has 3 amide bonds. The van der Waals surface area contributed by atoms with Crippen molar-refractivity contribution in [2.75, 3.05) is 18.4 Å². The van der Waals surface area contributed by atoms with Crippen LogP contribution in [0.2, 0.25) is 0 Å². The van der Waals surface area contributed by atoms with Gasteiger partial charge in [-0.1, -0.05) is 6.58 Å². The Morgan fingerprint density at radius 3 is 2.24 bits per heavy atom. The van der Waals surface area contributed by atoms with E-state index in [9.17, 15) is 14.4 Å². The average molecular weight is 341 g/mol. The molecule has 1 aromatic carbocycles. The highest BCUT2D eigenvalue weighted by molar-refractivity contribution is 5.96. The Hall–Kier alpha value is -2.63. The Morgan fingerprint density at radius 1 is 1.04 bits per heavy atom. The highest BCUT2D eigenvalue weighted by Crippen LogP contribution is 2.21. The van der Waals surface area contributed by atoms with Gasteiger partial charge in [-0.25, -0.2) is 0 Å². The van der Waals surface area contributed by atoms with Crippen molar-refractivity contribution in [3.05, 3.63) is 42.5 Å². The predicted octanol–water partition coefficient (Wildman–Crippen LogP) is 1.94. The maximum Gasteiger partial charge on any atom is 0.251 e. The summed E-state index contributed by atoms with van der Waals surface area (Å²) < 4.78 is 0. The molecule has 1 aliphatic heterocycles. The molecule has 1 aromatic rings. The Balaban J connectivity index is 1.50. The Bertz CT molecular complexity index is 672. The zero-order valence-corrected chi connectivity index (χ0v) is 14.2. The van der Waals surface area contributed by atoms with E-state index in [4.69, 9.17) is 0 Å². The fraction of sp³-hybridized carbons (Fsp3) is 0.421. The zero-order valence-electron chi connectivity index (χ0n) is 14.2. The quantitative estimate of drug-likeness (QED) is 0.804. The van der Waals surface area contributed by atoms with Crippen LogP contribution in [-0.4, -0.2) is 41.8 Å². The molecule has 3 rings (SSSR count). The van der Waals surface area contributed by atoms with Crippen LogP contribution in [0.25, 0.3) is 0 Å². The van der Waals surface area contributed by atoms with Crippen LogP contribution in [0, 0.1) is 5.92 Å². The molecular weight excluding hydrogens is 318 g/mol. The zero-order chi connectivity index (χ0) is 17.8. The lowest BCUT2D eigenvalue weighted by molar-refractivity contribution is -0.130. The number of piperidine rings is 1. The minimum Gasteiger partial charge on any atom is -0.349 e. The van der Waals surface area contributed by atoms with Crippen molar-refractivity contribution in [1.29, 1.82) is 0 Å². The lowest BCUT2D eigenvalue weighted by Crippen LogP contribution is -2.40. The minimum absolute atomic E-state index is 0.0408. The summed E-state index contributed by atoms with van der Waals surface area (Å²) in [7, 11) is 0. The number of likely N-dealkylation sites (tertiary alicyclic amines) is 1. The second-order valence-corrected chi connectivity index (χ2v) is 6.62. The van der Waals surface area contributed by atoms with Crippen LogP contribution in [0.1, 0.15) is 36.0 Å². The van der Waals surface area contributed by atoms with Gasteiger partial charge in [-0.3, -0.25) is 14.4 Å². The van der Waals surface area contributed by atoms with E-state index in [-0.39, 0.29) is 23.6 Å². The van der Waals surface area contributed by atoms with Crippen molar-refractivity contribution in [2.45, 2.75) is 31.7 Å². The molecule has 25 heavy (non-hydrogen) atoms. The molecule has 0 unspecified atom stereocenters. The SMILES string of the molecule is C=CC(=O)N1CCC(C(=O)Nc2ccc(C(=O)NC3CC3)cc2)CC1. The summed E-state index contributed by atoms with van der Waals surface area (Å²) in [4.78, 5) is 37.6. The standard InChI is InChI=1S/C19H23N3O3/c1-2-17(23)22-11-9-14(10-12-22)19(25)20-15-5-3-13(4-6-15)18(24)21-16-7-8-16/h2-6,14,16H,1,7-12H2,(H,20,25)(H,21,24). The number of rotatable bonds is 5. The van der Waals surface area contributed by atoms with Crippen LogP contribution >= 0.6 is 0 Å². The first-order valence-corrected chi connectivity index (χ1v) is 8.70. The second kappa shape index (κ2) is 7.51. The van der Waals surface area contributed by atoms with E-state index in [0.717, 1.165) is 12.8 Å². The van der Waals surface area contributed by atoms with Crippen molar-refractivity contribution in [3.8, 4) is 0 Å². The van der Waals surface area contributed by atoms with E-state index in [0.29, 0.717) is 43.2 Å². The number of benzene rings is 1. The van der Waals surface area contributed by atoms with Gasteiger partial charge in [0.05, 0.1) is 0 Å². The third kappa shape index (κ3) is 4.47. The lowest BCUT2D eigenvalue weighted by Gasteiger charge is -2.30. The van der Waals surface area contributed by atoms with Gasteiger partial charge in [0.15, 0.2) is 0 Å². The number of carbonyl (C=O) groups excluding carboxylic acids is 3. The molecule has 6 heteroatoms. The van der Waals surface area contributed by atoms with Gasteiger partial charge in [-0.15, -0.1) is 0 Å². The van der Waals surface area contributed by atoms with Crippen molar-refractivity contribution >= 4 is 23.4 Å². The molecule has 0 bridgehead atoms. The van der Waals surface area contributed by atoms with Crippen LogP contribution in [0.4, 0.5) is 5.69 Å². The third-order valence-electron chi connectivity index (χ3n) is 4.68. The van der Waals surface area contributed by atoms with Gasteiger partial charge < -0.3 is 15.5 Å². The summed E-state index contributed by atoms with van der Waals surface area (Å²) in [5.74, 6) is -0.300. The minimum atomic E-state index is -0.105. The summed E-state index contributed by atoms with van der Waals surface area (Å²) in [6.07, 6.45) is 4.70. The van der Waals surface area contributed by atoms with Crippen molar-refractivity contribution in [2.24, 2.45) is 5.92 Å². The van der Waals surface area contributed by atoms with Gasteiger partial charge >= 0.3 is 0 Å². The first kappa shape index (κ1) is 17.2. The van der Waals surface area contributed by atoms with Crippen LogP contribution in [0.5, 0.6) is 0 Å². The number of amides is 3. The van der Waals surface area contributed by atoms with Gasteiger partial charge in [0.25, 0.3) is 5.91 Å². The Labute approximate surface area is 147 Å². The maximum absolute atomic E-state index is 12.4. The fourth-order valence-electron chi connectivity index (χ4n) is 2.94. The Kier molecular flexibility index (Phi) is 5.16. The van der Waals surface area contributed by atoms with E-state index in [1.54, 1.807) is 29.2 Å². The molecule has 0 atom stereocenters. The van der Waals surface area contributed by atoms with Crippen molar-refractivity contribution in [1.82, 2.24) is 10.2 Å². The van der Waals surface area contributed by atoms with Gasteiger partial charge in [0.1, 0.15) is 0 Å². The molecular formula is C19H23N3O3. The van der Waals surface area contributed by atoms with Crippen LogP contribution in [-0.2, 0) is 9.59 Å². The second-order valence-electron chi connectivity index (χ2n) is 6.62. The summed E-state index contributed by atoms with van der Waals surface area (Å²) in [6.45, 7) is 4.63. The molecule has 1 saturated heterocycles. The van der Waals surface area contributed by atoms with E-state index in [1.807, 2.05) is 0 Å². The molecule has 132 valence electrons. The molecule has 2 aliphatic rings. The molecule has 2 fully saturated rings. The number of nitrogens with zero attached hydrogens (tertiary/aromatic N) is 1. The van der Waals surface area contributed by atoms with Crippen LogP contribution in [0.15, 0.2) is 36.9 Å². The number of hydrogen-bond donors (Lipinski definition) is 2. The number of anilines is 1. The van der Waals surface area contributed by atoms with E-state index < -0.39 is 0 Å². The average Bonchev–Trinajstić information content (AvgIpc) is 3.45. The molecule has 0 aromatic heterocycles. The highest BCUT2D eigenvalue weighted by Gasteiger charge is 2.27. The number of nitrogens with one attached hydrogen (secondary N) is 2. The number of carbonyl (C=O) groups is 3. The molecule has 1 saturated carbocycles. The molecule has 2 N–H and O–H groups in total. The maximum atomic E-state index is 12.4. The normalized spacial score (nSPS) is 17.7. The summed E-state index contributed by atoms with van der Waals surface area (Å²) in [5.41, 5.74) is 1.28. The molecule has 0 radical (unpaired) electrons. The van der Waals surface area contributed by atoms with E-state index in [2.05, 4.69) is 17.2 Å². The molecule has 0 spiro atoms. The molecule has 6 nitrogen and oxygen atoms in total. The number of hydrogen-bond acceptors (Lipinski definition) is 3. The van der Waals surface area contributed by atoms with Gasteiger partial charge in [0.2, 0.25) is 11.8 Å². The topological polar surface area (TPSA) is 78.5 Å². The van der Waals surface area contributed by atoms with E-state index in [1.165, 1.54) is 6.08 Å². The van der Waals surface area contributed by atoms with Gasteiger partial charge in [0, 0.05) is 36.3 Å².